The van der Waals surface area contributed by atoms with Gasteiger partial charge in [0.05, 0.1) is 11.1 Å². The number of carbonyl (C=O) groups is 2. The Morgan fingerprint density at radius 3 is 2.71 bits per heavy atom. The second kappa shape index (κ2) is 12.4. The molecular weight excluding hydrogens is 497 g/mol. The zero-order valence-electron chi connectivity index (χ0n) is 19.1. The molecule has 184 valence electrons. The smallest absolute Gasteiger partial charge is 0.242 e. The Morgan fingerprint density at radius 1 is 1.24 bits per heavy atom. The van der Waals surface area contributed by atoms with Gasteiger partial charge in [0.1, 0.15) is 11.7 Å². The van der Waals surface area contributed by atoms with Crippen molar-refractivity contribution in [2.24, 2.45) is 13.0 Å². The van der Waals surface area contributed by atoms with Crippen LogP contribution in [0.15, 0.2) is 48.8 Å². The predicted octanol–water partition coefficient (Wildman–Crippen LogP) is 3.41. The van der Waals surface area contributed by atoms with Gasteiger partial charge in [0.2, 0.25) is 11.8 Å². The van der Waals surface area contributed by atoms with Crippen LogP contribution in [0.2, 0.25) is 5.02 Å². The maximum absolute atomic E-state index is 12.6. The Hall–Kier alpha value is -2.32. The number of amides is 2. The van der Waals surface area contributed by atoms with Crippen molar-refractivity contribution in [3.8, 4) is 0 Å². The maximum atomic E-state index is 12.6. The van der Waals surface area contributed by atoms with Crippen molar-refractivity contribution in [2.45, 2.75) is 38.4 Å². The standard InChI is InChI=1S/C24H28ClN5O2.2ClH/c1-15(23(31)28-13-18-9-19-20(25)14-30(2)22(19)27-12-18)29-24(32)21-10-17(11-26-21)8-16-6-4-3-5-7-16;;/h3-7,9,12,14-15,17,21,26H,8,10-11,13H2,1-2H3,(H,28,31)(H,29,32);2*1H/t15-,17-,21+;;/m0../s1. The zero-order valence-corrected chi connectivity index (χ0v) is 21.5. The number of benzene rings is 1. The number of nitrogens with one attached hydrogen (secondary N) is 3. The minimum atomic E-state index is -0.630. The molecule has 0 radical (unpaired) electrons. The average Bonchev–Trinajstić information content (AvgIpc) is 3.37. The maximum Gasteiger partial charge on any atom is 0.242 e. The molecule has 0 bridgehead atoms. The summed E-state index contributed by atoms with van der Waals surface area (Å²) < 4.78 is 1.86. The highest BCUT2D eigenvalue weighted by Gasteiger charge is 2.30. The number of nitrogens with zero attached hydrogens (tertiary/aromatic N) is 2. The summed E-state index contributed by atoms with van der Waals surface area (Å²) in [4.78, 5) is 29.6. The summed E-state index contributed by atoms with van der Waals surface area (Å²) >= 11 is 6.24. The number of fused-ring (bicyclic) bond motifs is 1. The van der Waals surface area contributed by atoms with Crippen LogP contribution in [0, 0.1) is 5.92 Å². The Balaban J connectivity index is 0.00000204. The first-order chi connectivity index (χ1) is 15.4. The summed E-state index contributed by atoms with van der Waals surface area (Å²) in [5.74, 6) is 0.0308. The second-order valence-electron chi connectivity index (χ2n) is 8.50. The van der Waals surface area contributed by atoms with Gasteiger partial charge in [-0.25, -0.2) is 4.98 Å². The molecule has 3 aromatic rings. The van der Waals surface area contributed by atoms with Crippen molar-refractivity contribution >= 4 is 59.3 Å². The fourth-order valence-electron chi connectivity index (χ4n) is 4.19. The van der Waals surface area contributed by atoms with E-state index in [0.29, 0.717) is 17.5 Å². The van der Waals surface area contributed by atoms with E-state index in [1.54, 1.807) is 19.3 Å². The molecule has 1 saturated heterocycles. The molecular formula is C24H30Cl3N5O2. The van der Waals surface area contributed by atoms with Crippen LogP contribution in [0.1, 0.15) is 24.5 Å². The van der Waals surface area contributed by atoms with Gasteiger partial charge in [0.15, 0.2) is 0 Å². The van der Waals surface area contributed by atoms with Gasteiger partial charge in [-0.3, -0.25) is 9.59 Å². The van der Waals surface area contributed by atoms with Gasteiger partial charge in [-0.15, -0.1) is 24.8 Å². The minimum Gasteiger partial charge on any atom is -0.350 e. The fourth-order valence-corrected chi connectivity index (χ4v) is 4.47. The number of halogens is 3. The van der Waals surface area contributed by atoms with Crippen LogP contribution in [-0.4, -0.2) is 40.0 Å². The van der Waals surface area contributed by atoms with E-state index in [9.17, 15) is 9.59 Å². The molecule has 3 atom stereocenters. The summed E-state index contributed by atoms with van der Waals surface area (Å²) in [5, 5.41) is 10.5. The first kappa shape index (κ1) is 27.9. The highest BCUT2D eigenvalue weighted by Crippen LogP contribution is 2.24. The number of rotatable bonds is 7. The summed E-state index contributed by atoms with van der Waals surface area (Å²) in [5.41, 5.74) is 2.91. The molecule has 0 aliphatic carbocycles. The first-order valence-electron chi connectivity index (χ1n) is 10.9. The van der Waals surface area contributed by atoms with Crippen LogP contribution in [0.25, 0.3) is 11.0 Å². The number of hydrogen-bond donors (Lipinski definition) is 3. The van der Waals surface area contributed by atoms with E-state index in [4.69, 9.17) is 11.6 Å². The molecule has 2 aromatic heterocycles. The van der Waals surface area contributed by atoms with Crippen LogP contribution < -0.4 is 16.0 Å². The van der Waals surface area contributed by atoms with Crippen molar-refractivity contribution in [1.29, 1.82) is 0 Å². The molecule has 0 spiro atoms. The molecule has 4 rings (SSSR count). The average molecular weight is 527 g/mol. The molecule has 2 amide bonds. The largest absolute Gasteiger partial charge is 0.350 e. The molecule has 1 aromatic carbocycles. The van der Waals surface area contributed by atoms with E-state index in [1.165, 1.54) is 5.56 Å². The minimum absolute atomic E-state index is 0. The number of carbonyl (C=O) groups excluding carboxylic acids is 2. The molecule has 3 heterocycles. The van der Waals surface area contributed by atoms with Crippen LogP contribution in [0.4, 0.5) is 0 Å². The predicted molar refractivity (Wildman–Crippen MR) is 140 cm³/mol. The summed E-state index contributed by atoms with van der Waals surface area (Å²) in [7, 11) is 1.89. The van der Waals surface area contributed by atoms with Crippen LogP contribution in [0.5, 0.6) is 0 Å². The third-order valence-corrected chi connectivity index (χ3v) is 6.25. The lowest BCUT2D eigenvalue weighted by Gasteiger charge is -2.17. The highest BCUT2D eigenvalue weighted by molar-refractivity contribution is 6.35. The monoisotopic (exact) mass is 525 g/mol. The van der Waals surface area contributed by atoms with Gasteiger partial charge >= 0.3 is 0 Å². The lowest BCUT2D eigenvalue weighted by atomic mass is 9.96. The molecule has 10 heteroatoms. The first-order valence-corrected chi connectivity index (χ1v) is 11.2. The van der Waals surface area contributed by atoms with Crippen LogP contribution in [0.3, 0.4) is 0 Å². The quantitative estimate of drug-likeness (QED) is 0.440. The lowest BCUT2D eigenvalue weighted by Crippen LogP contribution is -2.49. The summed E-state index contributed by atoms with van der Waals surface area (Å²) in [6, 6.07) is 11.3. The SMILES string of the molecule is C[C@H](NC(=O)[C@H]1C[C@H](Cc2ccccc2)CN1)C(=O)NCc1cnc2c(c1)c(Cl)cn2C.Cl.Cl. The van der Waals surface area contributed by atoms with Crippen LogP contribution in [-0.2, 0) is 29.6 Å². The van der Waals surface area contributed by atoms with Crippen molar-refractivity contribution in [3.05, 3.63) is 64.9 Å². The van der Waals surface area contributed by atoms with E-state index in [0.717, 1.165) is 36.0 Å². The van der Waals surface area contributed by atoms with Gasteiger partial charge in [0, 0.05) is 31.4 Å². The van der Waals surface area contributed by atoms with E-state index in [2.05, 4.69) is 33.1 Å². The van der Waals surface area contributed by atoms with Gasteiger partial charge in [0.25, 0.3) is 0 Å². The van der Waals surface area contributed by atoms with Crippen molar-refractivity contribution in [1.82, 2.24) is 25.5 Å². The lowest BCUT2D eigenvalue weighted by molar-refractivity contribution is -0.129. The fraction of sp³-hybridized carbons (Fsp3) is 0.375. The topological polar surface area (TPSA) is 88.1 Å². The normalized spacial score (nSPS) is 18.0. The third kappa shape index (κ3) is 6.63. The van der Waals surface area contributed by atoms with Crippen molar-refractivity contribution in [2.75, 3.05) is 6.54 Å². The Kier molecular flexibility index (Phi) is 10.2. The Labute approximate surface area is 216 Å². The molecule has 0 saturated carbocycles. The third-order valence-electron chi connectivity index (χ3n) is 5.95. The van der Waals surface area contributed by atoms with Gasteiger partial charge < -0.3 is 20.5 Å². The zero-order chi connectivity index (χ0) is 22.7. The van der Waals surface area contributed by atoms with Crippen LogP contribution >= 0.6 is 36.4 Å². The number of aromatic nitrogens is 2. The summed E-state index contributed by atoms with van der Waals surface area (Å²) in [6.45, 7) is 2.80. The number of aryl methyl sites for hydroxylation is 1. The second-order valence-corrected chi connectivity index (χ2v) is 8.91. The van der Waals surface area contributed by atoms with Crippen molar-refractivity contribution < 1.29 is 9.59 Å². The van der Waals surface area contributed by atoms with Gasteiger partial charge in [-0.1, -0.05) is 41.9 Å². The molecule has 34 heavy (non-hydrogen) atoms. The molecule has 1 aliphatic rings. The molecule has 1 fully saturated rings. The van der Waals surface area contributed by atoms with Gasteiger partial charge in [-0.2, -0.15) is 0 Å². The van der Waals surface area contributed by atoms with Crippen molar-refractivity contribution in [3.63, 3.8) is 0 Å². The van der Waals surface area contributed by atoms with E-state index >= 15 is 0 Å². The molecule has 1 aliphatic heterocycles. The molecule has 3 N–H and O–H groups in total. The van der Waals surface area contributed by atoms with E-state index in [1.807, 2.05) is 35.9 Å². The van der Waals surface area contributed by atoms with E-state index < -0.39 is 6.04 Å². The number of hydrogen-bond acceptors (Lipinski definition) is 4. The molecule has 7 nitrogen and oxygen atoms in total. The van der Waals surface area contributed by atoms with E-state index in [-0.39, 0.29) is 42.7 Å². The Bertz CT molecular complexity index is 1120. The number of pyridine rings is 1. The van der Waals surface area contributed by atoms with Gasteiger partial charge in [-0.05, 0) is 49.4 Å². The Morgan fingerprint density at radius 2 is 1.97 bits per heavy atom. The summed E-state index contributed by atoms with van der Waals surface area (Å²) in [6.07, 6.45) is 5.23. The highest BCUT2D eigenvalue weighted by atomic mass is 35.5. The molecule has 0 unspecified atom stereocenters.